The van der Waals surface area contributed by atoms with E-state index in [9.17, 15) is 29.1 Å². The molecule has 16 heteroatoms. The van der Waals surface area contributed by atoms with E-state index in [4.69, 9.17) is 20.1 Å². The normalized spacial score (nSPS) is 18.5. The molecule has 16 nitrogen and oxygen atoms in total. The van der Waals surface area contributed by atoms with Crippen molar-refractivity contribution in [3.8, 4) is 0 Å². The molecule has 4 amide bonds. The van der Waals surface area contributed by atoms with Gasteiger partial charge in [0.2, 0.25) is 23.6 Å². The number of amides is 4. The molecule has 0 aliphatic carbocycles. The average molecular weight is 835 g/mol. The summed E-state index contributed by atoms with van der Waals surface area (Å²) in [5.74, 6) is 1.55. The van der Waals surface area contributed by atoms with Crippen molar-refractivity contribution in [1.82, 2.24) is 25.3 Å². The van der Waals surface area contributed by atoms with Crippen LogP contribution in [0.2, 0.25) is 0 Å². The topological polar surface area (TPSA) is 202 Å². The molecular formula is C43H74N6O10. The summed E-state index contributed by atoms with van der Waals surface area (Å²) in [5, 5.41) is 15.6. The van der Waals surface area contributed by atoms with Gasteiger partial charge in [-0.05, 0) is 43.2 Å². The van der Waals surface area contributed by atoms with Crippen LogP contribution in [-0.4, -0.2) is 153 Å². The predicted molar refractivity (Wildman–Crippen MR) is 225 cm³/mol. The van der Waals surface area contributed by atoms with Gasteiger partial charge in [-0.2, -0.15) is 0 Å². The number of rotatable bonds is 27. The first-order valence-electron chi connectivity index (χ1n) is 21.0. The molecule has 59 heavy (non-hydrogen) atoms. The molecular weight excluding hydrogens is 761 g/mol. The van der Waals surface area contributed by atoms with E-state index >= 15 is 0 Å². The highest BCUT2D eigenvalue weighted by Crippen LogP contribution is 2.30. The van der Waals surface area contributed by atoms with Gasteiger partial charge >= 0.3 is 5.97 Å². The Kier molecular flexibility index (Phi) is 22.5. The minimum absolute atomic E-state index is 0.0345. The lowest BCUT2D eigenvalue weighted by Crippen LogP contribution is -2.60. The second kappa shape index (κ2) is 25.8. The molecule has 0 radical (unpaired) electrons. The van der Waals surface area contributed by atoms with Gasteiger partial charge in [-0.3, -0.25) is 24.1 Å². The zero-order chi connectivity index (χ0) is 44.4. The van der Waals surface area contributed by atoms with Crippen molar-refractivity contribution in [3.63, 3.8) is 0 Å². The minimum Gasteiger partial charge on any atom is -0.480 e. The fourth-order valence-electron chi connectivity index (χ4n) is 8.20. The number of likely N-dealkylation sites (tertiary alicyclic amines) is 1. The molecule has 1 heterocycles. The minimum atomic E-state index is -1.15. The van der Waals surface area contributed by atoms with Crippen molar-refractivity contribution in [2.45, 2.75) is 123 Å². The number of hydrogen-bond acceptors (Lipinski definition) is 11. The number of aliphatic carboxylic acids is 1. The van der Waals surface area contributed by atoms with Gasteiger partial charge in [0, 0.05) is 40.8 Å². The lowest BCUT2D eigenvalue weighted by Gasteiger charge is -2.41. The number of nitrogens with one attached hydrogen (secondary N) is 2. The third-order valence-corrected chi connectivity index (χ3v) is 11.7. The van der Waals surface area contributed by atoms with Gasteiger partial charge in [-0.25, -0.2) is 10.7 Å². The second-order valence-corrected chi connectivity index (χ2v) is 16.6. The maximum Gasteiger partial charge on any atom is 0.326 e. The number of carbonyl (C=O) groups is 5. The molecule has 9 unspecified atom stereocenters. The Labute approximate surface area is 352 Å². The van der Waals surface area contributed by atoms with Crippen molar-refractivity contribution < 1.29 is 48.1 Å². The standard InChI is InChI=1S/C43H74N6O10/c1-12-29(6)38(48(9)42(53)36(27(2)3)46-41(52)37(28(4)5)47(8)21-22-58-23-24-59-44)34(56-10)26-35(50)49-20-16-19-33(49)39(57-11)30(7)40(51)45-32(43(54)55)25-31-17-14-13-15-18-31/h13-15,17-18,27-30,32-34,36-39H,12,16,19-26,44H2,1-11H3,(H,45,51)(H,46,52)(H,54,55). The van der Waals surface area contributed by atoms with E-state index in [1.807, 2.05) is 83.8 Å². The fourth-order valence-corrected chi connectivity index (χ4v) is 8.20. The zero-order valence-electron chi connectivity index (χ0n) is 37.3. The summed E-state index contributed by atoms with van der Waals surface area (Å²) in [5.41, 5.74) is 0.778. The average Bonchev–Trinajstić information content (AvgIpc) is 3.68. The van der Waals surface area contributed by atoms with E-state index in [-0.39, 0.29) is 54.9 Å². The molecule has 1 saturated heterocycles. The van der Waals surface area contributed by atoms with E-state index < -0.39 is 60.2 Å². The van der Waals surface area contributed by atoms with Crippen LogP contribution in [0.3, 0.4) is 0 Å². The Bertz CT molecular complexity index is 1450. The van der Waals surface area contributed by atoms with Crippen LogP contribution in [0.25, 0.3) is 0 Å². The van der Waals surface area contributed by atoms with Gasteiger partial charge in [0.25, 0.3) is 0 Å². The molecule has 1 fully saturated rings. The highest BCUT2D eigenvalue weighted by molar-refractivity contribution is 5.90. The van der Waals surface area contributed by atoms with E-state index in [1.165, 1.54) is 14.2 Å². The number of carbonyl (C=O) groups excluding carboxylic acids is 4. The van der Waals surface area contributed by atoms with Gasteiger partial charge in [0.15, 0.2) is 0 Å². The van der Waals surface area contributed by atoms with E-state index in [1.54, 1.807) is 23.8 Å². The van der Waals surface area contributed by atoms with Gasteiger partial charge in [0.05, 0.1) is 62.5 Å². The smallest absolute Gasteiger partial charge is 0.326 e. The highest BCUT2D eigenvalue weighted by Gasteiger charge is 2.43. The number of nitrogens with zero attached hydrogens (tertiary/aromatic N) is 3. The maximum absolute atomic E-state index is 14.4. The van der Waals surface area contributed by atoms with Crippen molar-refractivity contribution in [2.75, 3.05) is 61.2 Å². The maximum atomic E-state index is 14.4. The third-order valence-electron chi connectivity index (χ3n) is 11.7. The van der Waals surface area contributed by atoms with Gasteiger partial charge in [0.1, 0.15) is 12.1 Å². The first kappa shape index (κ1) is 51.5. The van der Waals surface area contributed by atoms with Crippen LogP contribution in [0, 0.1) is 23.7 Å². The van der Waals surface area contributed by atoms with Crippen LogP contribution >= 0.6 is 0 Å². The van der Waals surface area contributed by atoms with Crippen molar-refractivity contribution in [2.24, 2.45) is 29.6 Å². The van der Waals surface area contributed by atoms with Crippen LogP contribution < -0.4 is 16.5 Å². The molecule has 336 valence electrons. The molecule has 0 aromatic heterocycles. The van der Waals surface area contributed by atoms with Crippen LogP contribution in [0.1, 0.15) is 79.7 Å². The molecule has 0 saturated carbocycles. The van der Waals surface area contributed by atoms with Crippen molar-refractivity contribution in [1.29, 1.82) is 0 Å². The van der Waals surface area contributed by atoms with Crippen LogP contribution in [-0.2, 0) is 49.4 Å². The Morgan fingerprint density at radius 3 is 2.12 bits per heavy atom. The van der Waals surface area contributed by atoms with E-state index in [0.717, 1.165) is 5.56 Å². The lowest BCUT2D eigenvalue weighted by atomic mass is 9.89. The number of likely N-dealkylation sites (N-methyl/N-ethyl adjacent to an activating group) is 2. The summed E-state index contributed by atoms with van der Waals surface area (Å²) in [7, 11) is 6.57. The first-order valence-corrected chi connectivity index (χ1v) is 21.0. The van der Waals surface area contributed by atoms with Crippen LogP contribution in [0.15, 0.2) is 30.3 Å². The van der Waals surface area contributed by atoms with Crippen LogP contribution in [0.5, 0.6) is 0 Å². The largest absolute Gasteiger partial charge is 0.480 e. The number of benzene rings is 1. The summed E-state index contributed by atoms with van der Waals surface area (Å²) < 4.78 is 17.5. The van der Waals surface area contributed by atoms with Gasteiger partial charge in [-0.1, -0.05) is 85.2 Å². The Hall–Kier alpha value is -3.67. The van der Waals surface area contributed by atoms with Crippen molar-refractivity contribution >= 4 is 29.6 Å². The summed E-state index contributed by atoms with van der Waals surface area (Å²) in [4.78, 5) is 78.0. The molecule has 5 N–H and O–H groups in total. The Morgan fingerprint density at radius 1 is 0.915 bits per heavy atom. The number of carboxylic acids is 1. The number of ether oxygens (including phenoxy) is 3. The van der Waals surface area contributed by atoms with E-state index in [2.05, 4.69) is 15.5 Å². The molecule has 9 atom stereocenters. The Morgan fingerprint density at radius 2 is 1.58 bits per heavy atom. The highest BCUT2D eigenvalue weighted by atomic mass is 16.6. The predicted octanol–water partition coefficient (Wildman–Crippen LogP) is 2.72. The summed E-state index contributed by atoms with van der Waals surface area (Å²) in [6.07, 6.45) is 0.680. The lowest BCUT2D eigenvalue weighted by molar-refractivity contribution is -0.148. The molecule has 0 bridgehead atoms. The fraction of sp³-hybridized carbons (Fsp3) is 0.744. The molecule has 0 spiro atoms. The first-order chi connectivity index (χ1) is 27.9. The summed E-state index contributed by atoms with van der Waals surface area (Å²) >= 11 is 0. The SMILES string of the molecule is CCC(C)C(C(CC(=O)N1CCCC1C(OC)C(C)C(=O)NC(Cc1ccccc1)C(=O)O)OC)N(C)C(=O)C(NC(=O)C(C(C)C)N(C)CCOCCON)C(C)C. The molecule has 2 rings (SSSR count). The number of methoxy groups -OCH3 is 2. The summed E-state index contributed by atoms with van der Waals surface area (Å²) in [6, 6.07) is 5.62. The van der Waals surface area contributed by atoms with Crippen molar-refractivity contribution in [3.05, 3.63) is 35.9 Å². The number of hydrogen-bond donors (Lipinski definition) is 4. The van der Waals surface area contributed by atoms with E-state index in [0.29, 0.717) is 45.6 Å². The second-order valence-electron chi connectivity index (χ2n) is 16.6. The van der Waals surface area contributed by atoms with Gasteiger partial charge < -0.3 is 44.6 Å². The quantitative estimate of drug-likeness (QED) is 0.0747. The number of nitrogens with two attached hydrogens (primary N) is 1. The summed E-state index contributed by atoms with van der Waals surface area (Å²) in [6.45, 7) is 15.3. The zero-order valence-corrected chi connectivity index (χ0v) is 37.3. The Balaban J connectivity index is 2.25. The third kappa shape index (κ3) is 15.1. The molecule has 1 aliphatic rings. The molecule has 1 aromatic rings. The molecule has 1 aromatic carbocycles. The van der Waals surface area contributed by atoms with Crippen LogP contribution in [0.4, 0.5) is 0 Å². The molecule has 1 aliphatic heterocycles. The monoisotopic (exact) mass is 835 g/mol. The van der Waals surface area contributed by atoms with Gasteiger partial charge in [-0.15, -0.1) is 0 Å². The number of carboxylic acid groups (broad SMARTS) is 1.